The molecule has 0 unspecified atom stereocenters. The SMILES string of the molecule is FC(F)C(F)(F)C(F)(F)F.F[B-](F)(F)F.F[B-](F)(F)F.F[B-](F)(F)F.[H-].[K+]. The molecule has 26 heavy (non-hydrogen) atoms. The van der Waals surface area contributed by atoms with E-state index in [4.69, 9.17) is 0 Å². The fourth-order valence-electron chi connectivity index (χ4n) is 0.124. The van der Waals surface area contributed by atoms with Gasteiger partial charge in [-0.3, -0.25) is 0 Å². The van der Waals surface area contributed by atoms with Crippen LogP contribution in [0.25, 0.3) is 0 Å². The second-order valence-electron chi connectivity index (χ2n) is 2.91. The monoisotopic (exact) mass is 471 g/mol. The minimum Gasteiger partial charge on any atom is -1.00 e. The summed E-state index contributed by atoms with van der Waals surface area (Å²) in [6.07, 6.45) is -10.9. The van der Waals surface area contributed by atoms with E-state index in [2.05, 4.69) is 0 Å². The summed E-state index contributed by atoms with van der Waals surface area (Å²) in [7, 11) is -18.0. The van der Waals surface area contributed by atoms with Crippen LogP contribution in [0.4, 0.5) is 82.5 Å². The predicted molar refractivity (Wildman–Crippen MR) is 48.7 cm³/mol. The third kappa shape index (κ3) is 56.3. The fourth-order valence-corrected chi connectivity index (χ4v) is 0.124. The fraction of sp³-hybridized carbons (Fsp3) is 1.00. The first-order valence-electron chi connectivity index (χ1n) is 4.54. The van der Waals surface area contributed by atoms with Gasteiger partial charge in [0.2, 0.25) is 0 Å². The Labute approximate surface area is 175 Å². The van der Waals surface area contributed by atoms with E-state index >= 15 is 0 Å². The summed E-state index contributed by atoms with van der Waals surface area (Å²) in [4.78, 5) is 0. The molecule has 23 heteroatoms. The number of hydrogen-bond donors (Lipinski definition) is 0. The summed E-state index contributed by atoms with van der Waals surface area (Å²) in [6.45, 7) is 0. The van der Waals surface area contributed by atoms with E-state index in [-0.39, 0.29) is 52.8 Å². The van der Waals surface area contributed by atoms with Gasteiger partial charge in [0.1, 0.15) is 0 Å². The van der Waals surface area contributed by atoms with Crippen molar-refractivity contribution in [3.8, 4) is 0 Å². The molecule has 0 aromatic rings. The maximum atomic E-state index is 11.2. The van der Waals surface area contributed by atoms with E-state index in [0.29, 0.717) is 0 Å². The number of alkyl halides is 7. The summed E-state index contributed by atoms with van der Waals surface area (Å²) < 4.78 is 194. The Kier molecular flexibility index (Phi) is 19.6. The Morgan fingerprint density at radius 2 is 0.615 bits per heavy atom. The third-order valence-electron chi connectivity index (χ3n) is 0.652. The minimum absolute atomic E-state index is 0. The van der Waals surface area contributed by atoms with Crippen LogP contribution in [0.3, 0.4) is 0 Å². The van der Waals surface area contributed by atoms with Crippen LogP contribution in [0, 0.1) is 0 Å². The molecule has 160 valence electrons. The molecule has 0 bridgehead atoms. The van der Waals surface area contributed by atoms with Gasteiger partial charge >= 0.3 is 91.7 Å². The van der Waals surface area contributed by atoms with Crippen molar-refractivity contribution in [2.75, 3.05) is 0 Å². The summed E-state index contributed by atoms with van der Waals surface area (Å²) in [6, 6.07) is 0. The van der Waals surface area contributed by atoms with E-state index < -0.39 is 40.3 Å². The van der Waals surface area contributed by atoms with Crippen LogP contribution < -0.4 is 51.4 Å². The molecule has 0 radical (unpaired) electrons. The van der Waals surface area contributed by atoms with Crippen molar-refractivity contribution in [3.63, 3.8) is 0 Å². The maximum absolute atomic E-state index is 11.2. The van der Waals surface area contributed by atoms with Crippen molar-refractivity contribution in [2.24, 2.45) is 0 Å². The Morgan fingerprint density at radius 1 is 0.500 bits per heavy atom. The predicted octanol–water partition coefficient (Wildman–Crippen LogP) is 3.47. The summed E-state index contributed by atoms with van der Waals surface area (Å²) in [5.74, 6) is -5.90. The average molecular weight is 471 g/mol. The first kappa shape index (κ1) is 37.3. The maximum Gasteiger partial charge on any atom is 1.00 e. The third-order valence-corrected chi connectivity index (χ3v) is 0.652. The molecule has 0 aliphatic carbocycles. The van der Waals surface area contributed by atoms with Crippen molar-refractivity contribution in [2.45, 2.75) is 18.5 Å². The van der Waals surface area contributed by atoms with Crippen LogP contribution in [0.15, 0.2) is 0 Å². The Bertz CT molecular complexity index is 281. The zero-order valence-corrected chi connectivity index (χ0v) is 14.6. The molecule has 0 atom stereocenters. The molecule has 0 heterocycles. The van der Waals surface area contributed by atoms with E-state index in [1.165, 1.54) is 0 Å². The number of rotatable bonds is 1. The summed E-state index contributed by atoms with van der Waals surface area (Å²) >= 11 is 0. The van der Waals surface area contributed by atoms with Crippen molar-refractivity contribution in [1.82, 2.24) is 0 Å². The quantitative estimate of drug-likeness (QED) is 0.407. The Balaban J connectivity index is -0.0000000564. The summed E-state index contributed by atoms with van der Waals surface area (Å²) in [5, 5.41) is 0. The smallest absolute Gasteiger partial charge is 1.00 e. The summed E-state index contributed by atoms with van der Waals surface area (Å²) in [5.41, 5.74) is 0. The topological polar surface area (TPSA) is 0 Å². The van der Waals surface area contributed by atoms with Crippen LogP contribution in [0.1, 0.15) is 1.43 Å². The van der Waals surface area contributed by atoms with Crippen LogP contribution in [-0.2, 0) is 0 Å². The molecule has 0 spiro atoms. The average Bonchev–Trinajstić information content (AvgIpc) is 2.05. The van der Waals surface area contributed by atoms with Crippen molar-refractivity contribution in [1.29, 1.82) is 0 Å². The van der Waals surface area contributed by atoms with Crippen molar-refractivity contribution in [3.05, 3.63) is 0 Å². The molecule has 0 amide bonds. The first-order valence-corrected chi connectivity index (χ1v) is 4.54. The molecule has 0 aromatic heterocycles. The molecule has 0 rings (SSSR count). The van der Waals surface area contributed by atoms with Gasteiger partial charge < -0.3 is 53.2 Å². The molecular formula is C3H2B3F19K-3. The molecule has 0 aliphatic rings. The van der Waals surface area contributed by atoms with Gasteiger partial charge in [-0.15, -0.1) is 0 Å². The van der Waals surface area contributed by atoms with Crippen molar-refractivity contribution < 1.29 is 135 Å². The van der Waals surface area contributed by atoms with Crippen molar-refractivity contribution >= 4 is 21.8 Å². The van der Waals surface area contributed by atoms with Gasteiger partial charge in [0.25, 0.3) is 0 Å². The normalized spacial score (nSPS) is 12.5. The van der Waals surface area contributed by atoms with Crippen LogP contribution in [-0.4, -0.2) is 40.3 Å². The van der Waals surface area contributed by atoms with E-state index in [1.807, 2.05) is 0 Å². The first-order chi connectivity index (χ1) is 10.2. The number of hydrogen-bond acceptors (Lipinski definition) is 0. The largest absolute Gasteiger partial charge is 1.00 e. The van der Waals surface area contributed by atoms with E-state index in [9.17, 15) is 82.5 Å². The van der Waals surface area contributed by atoms with Gasteiger partial charge in [0.15, 0.2) is 0 Å². The minimum atomic E-state index is -6.17. The van der Waals surface area contributed by atoms with Gasteiger partial charge in [-0.05, 0) is 0 Å². The Morgan fingerprint density at radius 3 is 0.615 bits per heavy atom. The van der Waals surface area contributed by atoms with Crippen LogP contribution in [0.5, 0.6) is 0 Å². The second-order valence-corrected chi connectivity index (χ2v) is 2.91. The molecule has 0 saturated heterocycles. The molecule has 0 fully saturated rings. The molecule has 0 N–H and O–H groups in total. The zero-order chi connectivity index (χ0) is 22.1. The Hall–Kier alpha value is 0.501. The zero-order valence-electron chi connectivity index (χ0n) is 12.5. The molecule has 0 nitrogen and oxygen atoms in total. The van der Waals surface area contributed by atoms with E-state index in [0.717, 1.165) is 0 Å². The van der Waals surface area contributed by atoms with Gasteiger partial charge in [0, 0.05) is 0 Å². The second kappa shape index (κ2) is 13.6. The van der Waals surface area contributed by atoms with Gasteiger partial charge in [-0.1, -0.05) is 0 Å². The molecule has 0 aromatic carbocycles. The van der Waals surface area contributed by atoms with Crippen LogP contribution in [0.2, 0.25) is 0 Å². The van der Waals surface area contributed by atoms with Gasteiger partial charge in [-0.25, -0.2) is 8.78 Å². The molecule has 0 saturated carbocycles. The van der Waals surface area contributed by atoms with Gasteiger partial charge in [0.05, 0.1) is 0 Å². The number of halogens is 19. The van der Waals surface area contributed by atoms with Gasteiger partial charge in [-0.2, -0.15) is 22.0 Å². The van der Waals surface area contributed by atoms with Crippen LogP contribution >= 0.6 is 0 Å². The molecular weight excluding hydrogens is 469 g/mol. The molecule has 0 aliphatic heterocycles. The van der Waals surface area contributed by atoms with E-state index in [1.54, 1.807) is 0 Å². The standard InChI is InChI=1S/C3HF7.3BF4.K.H/c4-1(5)2(6,7)3(8,9)10;3*2-1(3,4)5;;/h1H;;;;;/q;3*-1;+1;-1.